The first kappa shape index (κ1) is 22.9. The summed E-state index contributed by atoms with van der Waals surface area (Å²) < 4.78 is 51.6. The van der Waals surface area contributed by atoms with Gasteiger partial charge in [0.05, 0.1) is 20.6 Å². The molecule has 164 valence electrons. The van der Waals surface area contributed by atoms with E-state index in [0.717, 1.165) is 0 Å². The second kappa shape index (κ2) is 8.78. The first-order chi connectivity index (χ1) is 14.6. The Hall–Kier alpha value is -2.74. The first-order valence-corrected chi connectivity index (χ1v) is 12.7. The molecule has 1 aliphatic heterocycles. The third-order valence-electron chi connectivity index (χ3n) is 5.20. The Labute approximate surface area is 182 Å². The quantitative estimate of drug-likeness (QED) is 0.671. The summed E-state index contributed by atoms with van der Waals surface area (Å²) in [5.41, 5.74) is 0.422. The van der Waals surface area contributed by atoms with Crippen molar-refractivity contribution in [2.45, 2.75) is 28.9 Å². The van der Waals surface area contributed by atoms with E-state index in [1.54, 1.807) is 26.0 Å². The number of carbonyl (C=O) groups excluding carboxylic acids is 1. The minimum Gasteiger partial charge on any atom is -0.336 e. The Bertz CT molecular complexity index is 1220. The second-order valence-corrected chi connectivity index (χ2v) is 11.8. The molecule has 1 saturated heterocycles. The van der Waals surface area contributed by atoms with E-state index in [4.69, 9.17) is 0 Å². The predicted molar refractivity (Wildman–Crippen MR) is 115 cm³/mol. The lowest BCUT2D eigenvalue weighted by Gasteiger charge is -2.34. The SMILES string of the molecule is CC(C)S(=O)(=O)c1ccc(C(=O)N2CCN(S(=O)(=O)c3ccccc3C#N)CC2)cc1. The molecular formula is C21H23N3O5S2. The monoisotopic (exact) mass is 461 g/mol. The Morgan fingerprint density at radius 1 is 0.935 bits per heavy atom. The van der Waals surface area contributed by atoms with Crippen LogP contribution in [0.15, 0.2) is 58.3 Å². The molecule has 0 aromatic heterocycles. The molecule has 1 fully saturated rings. The van der Waals surface area contributed by atoms with E-state index in [9.17, 15) is 26.9 Å². The summed E-state index contributed by atoms with van der Waals surface area (Å²) in [4.78, 5) is 14.4. The molecule has 0 atom stereocenters. The number of rotatable bonds is 5. The number of sulfonamides is 1. The normalized spacial score (nSPS) is 15.6. The Morgan fingerprint density at radius 2 is 1.52 bits per heavy atom. The van der Waals surface area contributed by atoms with E-state index in [2.05, 4.69) is 0 Å². The fourth-order valence-electron chi connectivity index (χ4n) is 3.30. The van der Waals surface area contributed by atoms with Crippen LogP contribution in [0.5, 0.6) is 0 Å². The molecule has 0 spiro atoms. The van der Waals surface area contributed by atoms with Crippen molar-refractivity contribution in [3.8, 4) is 6.07 Å². The summed E-state index contributed by atoms with van der Waals surface area (Å²) in [6.45, 7) is 3.78. The molecule has 31 heavy (non-hydrogen) atoms. The Kier molecular flexibility index (Phi) is 6.50. The maximum absolute atomic E-state index is 12.9. The molecule has 1 amide bonds. The first-order valence-electron chi connectivity index (χ1n) is 9.71. The van der Waals surface area contributed by atoms with Crippen molar-refractivity contribution >= 4 is 25.8 Å². The largest absolute Gasteiger partial charge is 0.336 e. The van der Waals surface area contributed by atoms with Gasteiger partial charge in [-0.25, -0.2) is 16.8 Å². The van der Waals surface area contributed by atoms with E-state index in [1.807, 2.05) is 6.07 Å². The molecule has 1 heterocycles. The zero-order chi connectivity index (χ0) is 22.8. The highest BCUT2D eigenvalue weighted by atomic mass is 32.2. The molecule has 1 aliphatic rings. The number of amides is 1. The molecule has 0 aliphatic carbocycles. The van der Waals surface area contributed by atoms with Gasteiger partial charge in [-0.05, 0) is 50.2 Å². The zero-order valence-corrected chi connectivity index (χ0v) is 18.9. The number of sulfone groups is 1. The number of benzene rings is 2. The highest BCUT2D eigenvalue weighted by Gasteiger charge is 2.32. The van der Waals surface area contributed by atoms with Crippen LogP contribution in [0.2, 0.25) is 0 Å². The number of piperazine rings is 1. The van der Waals surface area contributed by atoms with Gasteiger partial charge in [0.1, 0.15) is 6.07 Å². The lowest BCUT2D eigenvalue weighted by molar-refractivity contribution is 0.0698. The lowest BCUT2D eigenvalue weighted by atomic mass is 10.2. The standard InChI is InChI=1S/C21H23N3O5S2/c1-16(2)30(26,27)19-9-7-17(8-10-19)21(25)23-11-13-24(14-12-23)31(28,29)20-6-4-3-5-18(20)15-22/h3-10,16H,11-14H2,1-2H3. The van der Waals surface area contributed by atoms with Crippen molar-refractivity contribution < 1.29 is 21.6 Å². The van der Waals surface area contributed by atoms with Crippen LogP contribution in [0.25, 0.3) is 0 Å². The molecule has 0 bridgehead atoms. The van der Waals surface area contributed by atoms with Crippen LogP contribution in [0.4, 0.5) is 0 Å². The fraction of sp³-hybridized carbons (Fsp3) is 0.333. The van der Waals surface area contributed by atoms with Gasteiger partial charge >= 0.3 is 0 Å². The second-order valence-electron chi connectivity index (χ2n) is 7.42. The van der Waals surface area contributed by atoms with Gasteiger partial charge in [0.25, 0.3) is 5.91 Å². The molecule has 0 radical (unpaired) electrons. The van der Waals surface area contributed by atoms with Crippen molar-refractivity contribution in [1.29, 1.82) is 5.26 Å². The van der Waals surface area contributed by atoms with Crippen molar-refractivity contribution in [2.24, 2.45) is 0 Å². The summed E-state index contributed by atoms with van der Waals surface area (Å²) in [7, 11) is -7.26. The number of carbonyl (C=O) groups is 1. The van der Waals surface area contributed by atoms with Crippen LogP contribution >= 0.6 is 0 Å². The van der Waals surface area contributed by atoms with Crippen molar-refractivity contribution in [3.05, 3.63) is 59.7 Å². The summed E-state index contributed by atoms with van der Waals surface area (Å²) in [6.07, 6.45) is 0. The minimum absolute atomic E-state index is 0.0424. The van der Waals surface area contributed by atoms with Crippen LogP contribution in [-0.2, 0) is 19.9 Å². The van der Waals surface area contributed by atoms with E-state index < -0.39 is 25.1 Å². The van der Waals surface area contributed by atoms with E-state index in [1.165, 1.54) is 45.6 Å². The number of hydrogen-bond acceptors (Lipinski definition) is 6. The average molecular weight is 462 g/mol. The third-order valence-corrected chi connectivity index (χ3v) is 9.33. The van der Waals surface area contributed by atoms with E-state index in [0.29, 0.717) is 5.56 Å². The number of nitriles is 1. The van der Waals surface area contributed by atoms with Gasteiger partial charge in [-0.3, -0.25) is 4.79 Å². The van der Waals surface area contributed by atoms with Crippen LogP contribution in [0.1, 0.15) is 29.8 Å². The number of nitrogens with zero attached hydrogens (tertiary/aromatic N) is 3. The maximum Gasteiger partial charge on any atom is 0.253 e. The number of hydrogen-bond donors (Lipinski definition) is 0. The Morgan fingerprint density at radius 3 is 2.06 bits per heavy atom. The van der Waals surface area contributed by atoms with Gasteiger partial charge in [-0.1, -0.05) is 12.1 Å². The summed E-state index contributed by atoms with van der Waals surface area (Å²) in [5.74, 6) is -0.289. The summed E-state index contributed by atoms with van der Waals surface area (Å²) in [5, 5.41) is 8.64. The van der Waals surface area contributed by atoms with E-state index in [-0.39, 0.29) is 47.4 Å². The zero-order valence-electron chi connectivity index (χ0n) is 17.2. The van der Waals surface area contributed by atoms with Crippen molar-refractivity contribution in [2.75, 3.05) is 26.2 Å². The predicted octanol–water partition coefficient (Wildman–Crippen LogP) is 1.89. The third kappa shape index (κ3) is 4.49. The van der Waals surface area contributed by atoms with Gasteiger partial charge < -0.3 is 4.90 Å². The summed E-state index contributed by atoms with van der Waals surface area (Å²) >= 11 is 0. The van der Waals surface area contributed by atoms with Crippen LogP contribution in [0.3, 0.4) is 0 Å². The maximum atomic E-state index is 12.9. The van der Waals surface area contributed by atoms with Gasteiger partial charge in [0.15, 0.2) is 9.84 Å². The van der Waals surface area contributed by atoms with Gasteiger partial charge in [-0.15, -0.1) is 0 Å². The van der Waals surface area contributed by atoms with E-state index >= 15 is 0 Å². The minimum atomic E-state index is -3.84. The smallest absolute Gasteiger partial charge is 0.253 e. The highest BCUT2D eigenvalue weighted by molar-refractivity contribution is 7.92. The summed E-state index contributed by atoms with van der Waals surface area (Å²) in [6, 6.07) is 13.7. The van der Waals surface area contributed by atoms with Crippen LogP contribution in [-0.4, -0.2) is 63.4 Å². The molecule has 3 rings (SSSR count). The molecule has 0 N–H and O–H groups in total. The Balaban J connectivity index is 1.71. The molecular weight excluding hydrogens is 438 g/mol. The lowest BCUT2D eigenvalue weighted by Crippen LogP contribution is -2.50. The average Bonchev–Trinajstić information content (AvgIpc) is 2.78. The molecule has 2 aromatic carbocycles. The van der Waals surface area contributed by atoms with Gasteiger partial charge in [0, 0.05) is 31.7 Å². The van der Waals surface area contributed by atoms with Gasteiger partial charge in [0.2, 0.25) is 10.0 Å². The van der Waals surface area contributed by atoms with Crippen molar-refractivity contribution in [3.63, 3.8) is 0 Å². The van der Waals surface area contributed by atoms with Crippen molar-refractivity contribution in [1.82, 2.24) is 9.21 Å². The molecule has 0 saturated carbocycles. The topological polar surface area (TPSA) is 116 Å². The molecule has 0 unspecified atom stereocenters. The highest BCUT2D eigenvalue weighted by Crippen LogP contribution is 2.22. The molecule has 8 nitrogen and oxygen atoms in total. The molecule has 2 aromatic rings. The van der Waals surface area contributed by atoms with Crippen LogP contribution < -0.4 is 0 Å². The van der Waals surface area contributed by atoms with Gasteiger partial charge in [-0.2, -0.15) is 9.57 Å². The fourth-order valence-corrected chi connectivity index (χ4v) is 5.92. The molecule has 10 heteroatoms. The van der Waals surface area contributed by atoms with Crippen LogP contribution in [0, 0.1) is 11.3 Å².